The summed E-state index contributed by atoms with van der Waals surface area (Å²) in [6.45, 7) is 11.8. The van der Waals surface area contributed by atoms with E-state index < -0.39 is 97.5 Å². The lowest BCUT2D eigenvalue weighted by Gasteiger charge is -2.21. The molecule has 0 aromatic rings. The normalized spacial score (nSPS) is 14.7. The van der Waals surface area contributed by atoms with Gasteiger partial charge >= 0.3 is 39.5 Å². The third-order valence-corrected chi connectivity index (χ3v) is 20.4. The van der Waals surface area contributed by atoms with Crippen molar-refractivity contribution < 1.29 is 80.2 Å². The van der Waals surface area contributed by atoms with Crippen molar-refractivity contribution >= 4 is 39.5 Å². The molecule has 0 rings (SSSR count). The van der Waals surface area contributed by atoms with Gasteiger partial charge in [0.1, 0.15) is 19.3 Å². The molecule has 98 heavy (non-hydrogen) atoms. The fraction of sp³-hybridized carbons (Fsp3) is 0.899. The summed E-state index contributed by atoms with van der Waals surface area (Å²) in [5.41, 5.74) is 0. The molecule has 7 atom stereocenters. The highest BCUT2D eigenvalue weighted by Crippen LogP contribution is 2.45. The van der Waals surface area contributed by atoms with E-state index in [-0.39, 0.29) is 25.7 Å². The number of esters is 4. The molecule has 17 nitrogen and oxygen atoms in total. The molecule has 0 aliphatic rings. The highest BCUT2D eigenvalue weighted by molar-refractivity contribution is 7.47. The molecule has 0 amide bonds. The fourth-order valence-electron chi connectivity index (χ4n) is 11.5. The lowest BCUT2D eigenvalue weighted by atomic mass is 9.99. The van der Waals surface area contributed by atoms with Gasteiger partial charge in [-0.2, -0.15) is 0 Å². The maximum Gasteiger partial charge on any atom is 0.472 e. The number of rotatable bonds is 75. The molecular formula is C79H150O17P2. The summed E-state index contributed by atoms with van der Waals surface area (Å²) in [4.78, 5) is 72.8. The van der Waals surface area contributed by atoms with E-state index in [1.807, 2.05) is 0 Å². The molecule has 0 aliphatic heterocycles. The lowest BCUT2D eigenvalue weighted by molar-refractivity contribution is -0.161. The smallest absolute Gasteiger partial charge is 0.462 e. The van der Waals surface area contributed by atoms with Gasteiger partial charge in [-0.15, -0.1) is 0 Å². The zero-order chi connectivity index (χ0) is 72.3. The second-order valence-corrected chi connectivity index (χ2v) is 31.6. The van der Waals surface area contributed by atoms with E-state index in [4.69, 9.17) is 37.0 Å². The molecule has 0 aromatic heterocycles. The van der Waals surface area contributed by atoms with E-state index in [0.717, 1.165) is 127 Å². The fourth-order valence-corrected chi connectivity index (χ4v) is 13.1. The van der Waals surface area contributed by atoms with E-state index in [1.165, 1.54) is 167 Å². The summed E-state index contributed by atoms with van der Waals surface area (Å²) < 4.78 is 68.5. The van der Waals surface area contributed by atoms with Crippen molar-refractivity contribution in [1.82, 2.24) is 0 Å². The van der Waals surface area contributed by atoms with Crippen LogP contribution >= 0.6 is 15.6 Å². The van der Waals surface area contributed by atoms with Crippen molar-refractivity contribution in [3.8, 4) is 0 Å². The largest absolute Gasteiger partial charge is 0.472 e. The van der Waals surface area contributed by atoms with Crippen LogP contribution in [-0.4, -0.2) is 96.7 Å². The summed E-state index contributed by atoms with van der Waals surface area (Å²) in [5.74, 6) is 0.165. The number of aliphatic hydroxyl groups excluding tert-OH is 1. The second-order valence-electron chi connectivity index (χ2n) is 28.7. The number of carbonyl (C=O) groups is 4. The zero-order valence-corrected chi connectivity index (χ0v) is 65.5. The second kappa shape index (κ2) is 68.9. The minimum atomic E-state index is -4.96. The first kappa shape index (κ1) is 95.5. The van der Waals surface area contributed by atoms with Crippen molar-refractivity contribution in [2.24, 2.45) is 17.8 Å². The standard InChI is InChI=1S/C79H150O17P2/c1-8-11-12-13-14-15-16-17-22-26-29-32-38-46-53-60-76(81)89-66-74(96-79(84)63-56-49-40-35-34-37-45-52-59-72(7)10-3)68-93-97(85,86)91-64-73(80)65-92-98(87,88)94-69-75(67-90-77(82)61-54-47-42-41-43-50-57-70(4)5)95-78(83)62-55-48-39-33-30-27-24-21-19-18-20-23-25-28-31-36-44-51-58-71(6)9-2/h15-17,22,70-75,80H,8-14,18-21,23-69H2,1-7H3,(H,85,86)(H,87,88)/b16-15-,22-17-/t71?,72?,73-,74-,75-/m1/s1. The monoisotopic (exact) mass is 1430 g/mol. The average molecular weight is 1430 g/mol. The Morgan fingerprint density at radius 1 is 0.337 bits per heavy atom. The summed E-state index contributed by atoms with van der Waals surface area (Å²) >= 11 is 0. The topological polar surface area (TPSA) is 237 Å². The van der Waals surface area contributed by atoms with Crippen molar-refractivity contribution in [2.75, 3.05) is 39.6 Å². The van der Waals surface area contributed by atoms with Crippen molar-refractivity contribution in [1.29, 1.82) is 0 Å². The third-order valence-electron chi connectivity index (χ3n) is 18.5. The van der Waals surface area contributed by atoms with Crippen LogP contribution in [0.1, 0.15) is 382 Å². The molecule has 0 aromatic carbocycles. The maximum absolute atomic E-state index is 13.1. The zero-order valence-electron chi connectivity index (χ0n) is 63.7. The summed E-state index contributed by atoms with van der Waals surface area (Å²) in [7, 11) is -9.93. The van der Waals surface area contributed by atoms with E-state index in [9.17, 15) is 43.2 Å². The number of carbonyl (C=O) groups excluding carboxylic acids is 4. The van der Waals surface area contributed by atoms with Crippen molar-refractivity contribution in [2.45, 2.75) is 401 Å². The molecule has 3 N–H and O–H groups in total. The van der Waals surface area contributed by atoms with Gasteiger partial charge in [0.25, 0.3) is 0 Å². The molecule has 0 bridgehead atoms. The number of allylic oxidation sites excluding steroid dienone is 4. The van der Waals surface area contributed by atoms with Gasteiger partial charge in [0, 0.05) is 25.7 Å². The van der Waals surface area contributed by atoms with Crippen LogP contribution in [0, 0.1) is 17.8 Å². The average Bonchev–Trinajstić information content (AvgIpc) is 2.13. The molecule has 0 spiro atoms. The SMILES string of the molecule is CCCCCC/C=C\C=C/CCCCCCCC(=O)OC[C@H](COP(=O)(O)OC[C@@H](O)COP(=O)(O)OC[C@@H](COC(=O)CCCCCCCCC(C)C)OC(=O)CCCCCCCCCCCCCCCCCCCCC(C)CC)OC(=O)CCCCCCCCCCC(C)CC. The van der Waals surface area contributed by atoms with Gasteiger partial charge in [0.15, 0.2) is 12.2 Å². The summed E-state index contributed by atoms with van der Waals surface area (Å²) in [5, 5.41) is 10.6. The van der Waals surface area contributed by atoms with Gasteiger partial charge < -0.3 is 33.8 Å². The van der Waals surface area contributed by atoms with Crippen molar-refractivity contribution in [3.05, 3.63) is 24.3 Å². The van der Waals surface area contributed by atoms with Crippen LogP contribution in [0.2, 0.25) is 0 Å². The molecular weight excluding hydrogens is 1280 g/mol. The Kier molecular flexibility index (Phi) is 67.2. The highest BCUT2D eigenvalue weighted by atomic mass is 31.2. The molecule has 0 heterocycles. The third kappa shape index (κ3) is 69.3. The van der Waals surface area contributed by atoms with Gasteiger partial charge in [0.05, 0.1) is 26.4 Å². The predicted octanol–water partition coefficient (Wildman–Crippen LogP) is 22.9. The molecule has 0 saturated carbocycles. The van der Waals surface area contributed by atoms with Crippen LogP contribution < -0.4 is 0 Å². The number of aliphatic hydroxyl groups is 1. The summed E-state index contributed by atoms with van der Waals surface area (Å²) in [6, 6.07) is 0. The molecule has 4 unspecified atom stereocenters. The Morgan fingerprint density at radius 3 is 0.908 bits per heavy atom. The van der Waals surface area contributed by atoms with Crippen LogP contribution in [0.3, 0.4) is 0 Å². The van der Waals surface area contributed by atoms with Gasteiger partial charge in [-0.1, -0.05) is 330 Å². The van der Waals surface area contributed by atoms with Crippen LogP contribution in [-0.2, 0) is 65.4 Å². The highest BCUT2D eigenvalue weighted by Gasteiger charge is 2.30. The number of phosphoric ester groups is 2. The number of ether oxygens (including phenoxy) is 4. The van der Waals surface area contributed by atoms with Crippen molar-refractivity contribution in [3.63, 3.8) is 0 Å². The maximum atomic E-state index is 13.1. The predicted molar refractivity (Wildman–Crippen MR) is 400 cm³/mol. The Bertz CT molecular complexity index is 2000. The van der Waals surface area contributed by atoms with Gasteiger partial charge in [-0.25, -0.2) is 9.13 Å². The Hall–Kier alpha value is -2.46. The van der Waals surface area contributed by atoms with E-state index >= 15 is 0 Å². The lowest BCUT2D eigenvalue weighted by Crippen LogP contribution is -2.30. The Morgan fingerprint density at radius 2 is 0.602 bits per heavy atom. The first-order valence-electron chi connectivity index (χ1n) is 40.2. The van der Waals surface area contributed by atoms with Crippen LogP contribution in [0.15, 0.2) is 24.3 Å². The molecule has 0 aliphatic carbocycles. The first-order chi connectivity index (χ1) is 47.3. The van der Waals surface area contributed by atoms with Crippen LogP contribution in [0.4, 0.5) is 0 Å². The van der Waals surface area contributed by atoms with Gasteiger partial charge in [0.2, 0.25) is 0 Å². The van der Waals surface area contributed by atoms with E-state index in [1.54, 1.807) is 0 Å². The molecule has 0 radical (unpaired) electrons. The Labute approximate surface area is 599 Å². The van der Waals surface area contributed by atoms with Crippen LogP contribution in [0.5, 0.6) is 0 Å². The van der Waals surface area contributed by atoms with Gasteiger partial charge in [-0.05, 0) is 69.1 Å². The number of hydrogen-bond donors (Lipinski definition) is 3. The number of phosphoric acid groups is 2. The molecule has 0 saturated heterocycles. The molecule has 0 fully saturated rings. The van der Waals surface area contributed by atoms with E-state index in [0.29, 0.717) is 31.6 Å². The summed E-state index contributed by atoms with van der Waals surface area (Å²) in [6.07, 6.45) is 59.3. The van der Waals surface area contributed by atoms with Gasteiger partial charge in [-0.3, -0.25) is 37.3 Å². The van der Waals surface area contributed by atoms with Crippen LogP contribution in [0.25, 0.3) is 0 Å². The Balaban J connectivity index is 5.19. The molecule has 19 heteroatoms. The quantitative estimate of drug-likeness (QED) is 0.0169. The number of hydrogen-bond acceptors (Lipinski definition) is 15. The minimum Gasteiger partial charge on any atom is -0.462 e. The number of unbranched alkanes of at least 4 members (excludes halogenated alkanes) is 38. The van der Waals surface area contributed by atoms with E-state index in [2.05, 4.69) is 72.8 Å². The molecule has 578 valence electrons. The minimum absolute atomic E-state index is 0.0979. The first-order valence-corrected chi connectivity index (χ1v) is 43.2.